The molecule has 4 rings (SSSR count). The normalized spacial score (nSPS) is 10.6. The van der Waals surface area contributed by atoms with Crippen LogP contribution in [0.25, 0.3) is 10.2 Å². The molecule has 2 heterocycles. The highest BCUT2D eigenvalue weighted by Crippen LogP contribution is 2.35. The molecule has 0 aliphatic carbocycles. The lowest BCUT2D eigenvalue weighted by Crippen LogP contribution is -2.17. The predicted octanol–water partition coefficient (Wildman–Crippen LogP) is 5.04. The number of thiazole rings is 1. The number of nitrogens with zero attached hydrogens (tertiary/aromatic N) is 4. The van der Waals surface area contributed by atoms with Crippen molar-refractivity contribution in [2.75, 3.05) is 4.90 Å². The van der Waals surface area contributed by atoms with Crippen LogP contribution in [0.3, 0.4) is 0 Å². The van der Waals surface area contributed by atoms with E-state index in [-0.39, 0.29) is 5.82 Å². The summed E-state index contributed by atoms with van der Waals surface area (Å²) in [5.41, 5.74) is 2.70. The van der Waals surface area contributed by atoms with Gasteiger partial charge in [0.1, 0.15) is 11.3 Å². The van der Waals surface area contributed by atoms with E-state index in [1.807, 2.05) is 29.2 Å². The van der Waals surface area contributed by atoms with Crippen molar-refractivity contribution in [3.8, 4) is 6.07 Å². The number of benzene rings is 2. The van der Waals surface area contributed by atoms with Crippen molar-refractivity contribution in [3.05, 3.63) is 83.9 Å². The summed E-state index contributed by atoms with van der Waals surface area (Å²) in [7, 11) is 0. The van der Waals surface area contributed by atoms with Gasteiger partial charge in [-0.15, -0.1) is 0 Å². The Hall–Kier alpha value is -3.30. The second kappa shape index (κ2) is 6.90. The molecule has 0 spiro atoms. The van der Waals surface area contributed by atoms with Crippen LogP contribution in [-0.4, -0.2) is 9.97 Å². The highest BCUT2D eigenvalue weighted by Gasteiger charge is 2.18. The third-order valence-electron chi connectivity index (χ3n) is 3.95. The monoisotopic (exact) mass is 360 g/mol. The Kier molecular flexibility index (Phi) is 4.30. The summed E-state index contributed by atoms with van der Waals surface area (Å²) in [6, 6.07) is 18.0. The SMILES string of the molecule is N#Cc1cccc(CN(c2nc3cnccc3s2)c2ccccc2F)c1. The van der Waals surface area contributed by atoms with Gasteiger partial charge in [-0.3, -0.25) is 4.98 Å². The van der Waals surface area contributed by atoms with E-state index in [4.69, 9.17) is 5.26 Å². The number of rotatable bonds is 4. The number of halogens is 1. The molecule has 0 saturated heterocycles. The number of hydrogen-bond acceptors (Lipinski definition) is 5. The van der Waals surface area contributed by atoms with Crippen molar-refractivity contribution in [3.63, 3.8) is 0 Å². The lowest BCUT2D eigenvalue weighted by atomic mass is 10.1. The van der Waals surface area contributed by atoms with E-state index in [0.29, 0.717) is 22.9 Å². The van der Waals surface area contributed by atoms with E-state index in [9.17, 15) is 4.39 Å². The summed E-state index contributed by atoms with van der Waals surface area (Å²) in [6.45, 7) is 0.406. The number of fused-ring (bicyclic) bond motifs is 1. The van der Waals surface area contributed by atoms with Gasteiger partial charge in [0, 0.05) is 6.20 Å². The van der Waals surface area contributed by atoms with E-state index < -0.39 is 0 Å². The molecule has 4 aromatic rings. The van der Waals surface area contributed by atoms with Gasteiger partial charge >= 0.3 is 0 Å². The van der Waals surface area contributed by atoms with Crippen molar-refractivity contribution in [2.24, 2.45) is 0 Å². The quantitative estimate of drug-likeness (QED) is 0.511. The van der Waals surface area contributed by atoms with Crippen LogP contribution in [0.2, 0.25) is 0 Å². The smallest absolute Gasteiger partial charge is 0.191 e. The predicted molar refractivity (Wildman–Crippen MR) is 101 cm³/mol. The Balaban J connectivity index is 1.81. The number of anilines is 2. The van der Waals surface area contributed by atoms with Crippen LogP contribution < -0.4 is 4.90 Å². The van der Waals surface area contributed by atoms with Crippen molar-refractivity contribution < 1.29 is 4.39 Å². The van der Waals surface area contributed by atoms with Crippen LogP contribution in [0, 0.1) is 17.1 Å². The molecular formula is C20H13FN4S. The molecule has 6 heteroatoms. The fraction of sp³-hybridized carbons (Fsp3) is 0.0500. The van der Waals surface area contributed by atoms with Crippen LogP contribution in [0.4, 0.5) is 15.2 Å². The summed E-state index contributed by atoms with van der Waals surface area (Å²) in [5.74, 6) is -0.318. The first-order valence-corrected chi connectivity index (χ1v) is 8.78. The van der Waals surface area contributed by atoms with Crippen LogP contribution in [0.5, 0.6) is 0 Å². The van der Waals surface area contributed by atoms with Gasteiger partial charge < -0.3 is 4.90 Å². The average molecular weight is 360 g/mol. The number of nitriles is 1. The van der Waals surface area contributed by atoms with E-state index in [0.717, 1.165) is 15.8 Å². The first-order valence-electron chi connectivity index (χ1n) is 7.96. The van der Waals surface area contributed by atoms with Crippen LogP contribution in [-0.2, 0) is 6.54 Å². The number of aromatic nitrogens is 2. The minimum Gasteiger partial charge on any atom is -0.311 e. The molecule has 126 valence electrons. The Morgan fingerprint density at radius 1 is 1.12 bits per heavy atom. The maximum atomic E-state index is 14.5. The molecule has 0 N–H and O–H groups in total. The Labute approximate surface area is 153 Å². The van der Waals surface area contributed by atoms with Gasteiger partial charge in [-0.2, -0.15) is 5.26 Å². The standard InChI is InChI=1S/C20H13FN4S/c21-16-6-1-2-7-18(16)25(13-15-5-3-4-14(10-15)11-22)20-24-17-12-23-9-8-19(17)26-20/h1-10,12H,13H2. The summed E-state index contributed by atoms with van der Waals surface area (Å²) in [5, 5.41) is 9.81. The second-order valence-corrected chi connectivity index (χ2v) is 6.70. The highest BCUT2D eigenvalue weighted by atomic mass is 32.1. The van der Waals surface area contributed by atoms with Gasteiger partial charge in [0.15, 0.2) is 5.13 Å². The number of pyridine rings is 1. The van der Waals surface area contributed by atoms with E-state index in [1.165, 1.54) is 17.4 Å². The molecule has 0 amide bonds. The molecule has 0 saturated carbocycles. The molecule has 0 aliphatic rings. The summed E-state index contributed by atoms with van der Waals surface area (Å²) in [4.78, 5) is 10.5. The van der Waals surface area contributed by atoms with Crippen LogP contribution in [0.15, 0.2) is 67.0 Å². The number of para-hydroxylation sites is 1. The van der Waals surface area contributed by atoms with Gasteiger partial charge in [0.2, 0.25) is 0 Å². The van der Waals surface area contributed by atoms with Crippen molar-refractivity contribution >= 4 is 32.4 Å². The first-order chi connectivity index (χ1) is 12.7. The molecule has 4 nitrogen and oxygen atoms in total. The van der Waals surface area contributed by atoms with Crippen LogP contribution >= 0.6 is 11.3 Å². The lowest BCUT2D eigenvalue weighted by molar-refractivity contribution is 0.624. The largest absolute Gasteiger partial charge is 0.311 e. The zero-order valence-corrected chi connectivity index (χ0v) is 14.4. The van der Waals surface area contributed by atoms with E-state index in [1.54, 1.807) is 36.7 Å². The molecule has 0 bridgehead atoms. The molecule has 0 fully saturated rings. The summed E-state index contributed by atoms with van der Waals surface area (Å²) < 4.78 is 15.5. The minimum absolute atomic E-state index is 0.318. The third kappa shape index (κ3) is 3.13. The van der Waals surface area contributed by atoms with E-state index in [2.05, 4.69) is 16.0 Å². The zero-order chi connectivity index (χ0) is 17.9. The van der Waals surface area contributed by atoms with Gasteiger partial charge in [0.05, 0.1) is 34.8 Å². The van der Waals surface area contributed by atoms with Gasteiger partial charge in [0.25, 0.3) is 0 Å². The highest BCUT2D eigenvalue weighted by molar-refractivity contribution is 7.22. The minimum atomic E-state index is -0.318. The van der Waals surface area contributed by atoms with Crippen molar-refractivity contribution in [1.29, 1.82) is 5.26 Å². The summed E-state index contributed by atoms with van der Waals surface area (Å²) >= 11 is 1.48. The molecule has 0 aliphatic heterocycles. The number of hydrogen-bond donors (Lipinski definition) is 0. The topological polar surface area (TPSA) is 52.8 Å². The van der Waals surface area contributed by atoms with Crippen LogP contribution in [0.1, 0.15) is 11.1 Å². The molecule has 26 heavy (non-hydrogen) atoms. The maximum Gasteiger partial charge on any atom is 0.191 e. The van der Waals surface area contributed by atoms with Crippen molar-refractivity contribution in [1.82, 2.24) is 9.97 Å². The molecule has 2 aromatic carbocycles. The molecule has 0 unspecified atom stereocenters. The molecule has 0 atom stereocenters. The molecule has 0 radical (unpaired) electrons. The van der Waals surface area contributed by atoms with Gasteiger partial charge in [-0.25, -0.2) is 9.37 Å². The zero-order valence-electron chi connectivity index (χ0n) is 13.6. The average Bonchev–Trinajstić information content (AvgIpc) is 3.11. The Morgan fingerprint density at radius 2 is 2.00 bits per heavy atom. The summed E-state index contributed by atoms with van der Waals surface area (Å²) in [6.07, 6.45) is 3.42. The molecule has 2 aromatic heterocycles. The maximum absolute atomic E-state index is 14.5. The lowest BCUT2D eigenvalue weighted by Gasteiger charge is -2.22. The van der Waals surface area contributed by atoms with E-state index >= 15 is 0 Å². The van der Waals surface area contributed by atoms with Gasteiger partial charge in [-0.05, 0) is 35.9 Å². The fourth-order valence-electron chi connectivity index (χ4n) is 2.73. The fourth-order valence-corrected chi connectivity index (χ4v) is 3.68. The third-order valence-corrected chi connectivity index (χ3v) is 5.01. The van der Waals surface area contributed by atoms with Crippen molar-refractivity contribution in [2.45, 2.75) is 6.54 Å². The van der Waals surface area contributed by atoms with Gasteiger partial charge in [-0.1, -0.05) is 35.6 Å². The molecular weight excluding hydrogens is 347 g/mol. The Bertz CT molecular complexity index is 1080. The Morgan fingerprint density at radius 3 is 2.81 bits per heavy atom. The second-order valence-electron chi connectivity index (χ2n) is 5.69. The first kappa shape index (κ1) is 16.2.